The maximum atomic E-state index is 12.8. The molecular formula is C21H21NO5S. The van der Waals surface area contributed by atoms with Gasteiger partial charge in [-0.25, -0.2) is 4.79 Å². The number of nitrogens with one attached hydrogen (secondary N) is 1. The monoisotopic (exact) mass is 399 g/mol. The second-order valence-corrected chi connectivity index (χ2v) is 7.21. The zero-order valence-corrected chi connectivity index (χ0v) is 16.5. The first-order chi connectivity index (χ1) is 13.5. The van der Waals surface area contributed by atoms with Crippen molar-refractivity contribution in [2.24, 2.45) is 0 Å². The third kappa shape index (κ3) is 4.26. The maximum Gasteiger partial charge on any atom is 0.335 e. The second-order valence-electron chi connectivity index (χ2n) is 6.16. The van der Waals surface area contributed by atoms with Crippen LogP contribution in [-0.4, -0.2) is 30.7 Å². The molecule has 2 aromatic carbocycles. The Bertz CT molecular complexity index is 994. The van der Waals surface area contributed by atoms with Crippen molar-refractivity contribution in [3.8, 4) is 11.5 Å². The average molecular weight is 399 g/mol. The standard InChI is InChI=1S/C21H21NO5S/c1-3-10-27-18-16-11-15(26-2)8-9-17(16)28-19(18)20(23)22-12-13-4-6-14(7-5-13)21(24)25/h4-9,11H,3,10,12H2,1-2H3,(H,22,23)(H,24,25). The van der Waals surface area contributed by atoms with Crippen molar-refractivity contribution < 1.29 is 24.2 Å². The highest BCUT2D eigenvalue weighted by molar-refractivity contribution is 7.21. The number of hydrogen-bond donors (Lipinski definition) is 2. The van der Waals surface area contributed by atoms with Gasteiger partial charge in [0, 0.05) is 16.6 Å². The number of carboxylic acid groups (broad SMARTS) is 1. The molecule has 0 aliphatic rings. The molecule has 0 radical (unpaired) electrons. The van der Waals surface area contributed by atoms with Crippen LogP contribution >= 0.6 is 11.3 Å². The SMILES string of the molecule is CCCOc1c(C(=O)NCc2ccc(C(=O)O)cc2)sc2ccc(OC)cc12. The number of rotatable bonds is 8. The van der Waals surface area contributed by atoms with Crippen molar-refractivity contribution >= 4 is 33.3 Å². The summed E-state index contributed by atoms with van der Waals surface area (Å²) in [6.45, 7) is 2.82. The quantitative estimate of drug-likeness (QED) is 0.589. The fourth-order valence-corrected chi connectivity index (χ4v) is 3.75. The van der Waals surface area contributed by atoms with Gasteiger partial charge in [-0.2, -0.15) is 0 Å². The highest BCUT2D eigenvalue weighted by atomic mass is 32.1. The van der Waals surface area contributed by atoms with Crippen LogP contribution in [-0.2, 0) is 6.54 Å². The van der Waals surface area contributed by atoms with Gasteiger partial charge in [0.2, 0.25) is 0 Å². The third-order valence-corrected chi connectivity index (χ3v) is 5.31. The molecule has 3 rings (SSSR count). The highest BCUT2D eigenvalue weighted by Crippen LogP contribution is 2.39. The van der Waals surface area contributed by atoms with Gasteiger partial charge < -0.3 is 19.9 Å². The summed E-state index contributed by atoms with van der Waals surface area (Å²) in [5, 5.41) is 12.7. The molecule has 2 N–H and O–H groups in total. The van der Waals surface area contributed by atoms with E-state index in [2.05, 4.69) is 5.32 Å². The number of amides is 1. The number of benzene rings is 2. The number of carbonyl (C=O) groups is 2. The molecule has 1 aromatic heterocycles. The maximum absolute atomic E-state index is 12.8. The summed E-state index contributed by atoms with van der Waals surface area (Å²) in [5.41, 5.74) is 1.03. The molecular weight excluding hydrogens is 378 g/mol. The van der Waals surface area contributed by atoms with E-state index in [0.717, 1.165) is 22.1 Å². The molecule has 1 amide bonds. The molecule has 0 fully saturated rings. The van der Waals surface area contributed by atoms with E-state index in [1.165, 1.54) is 23.5 Å². The summed E-state index contributed by atoms with van der Waals surface area (Å²) in [7, 11) is 1.60. The lowest BCUT2D eigenvalue weighted by atomic mass is 10.1. The van der Waals surface area contributed by atoms with Gasteiger partial charge in [0.25, 0.3) is 5.91 Å². The molecule has 0 saturated heterocycles. The number of thiophene rings is 1. The van der Waals surface area contributed by atoms with Gasteiger partial charge in [-0.3, -0.25) is 4.79 Å². The predicted molar refractivity (Wildman–Crippen MR) is 109 cm³/mol. The normalized spacial score (nSPS) is 10.6. The Kier molecular flexibility index (Phi) is 6.16. The number of methoxy groups -OCH3 is 1. The minimum Gasteiger partial charge on any atom is -0.497 e. The summed E-state index contributed by atoms with van der Waals surface area (Å²) in [4.78, 5) is 24.2. The van der Waals surface area contributed by atoms with Crippen LogP contribution in [0.1, 0.15) is 38.9 Å². The van der Waals surface area contributed by atoms with Gasteiger partial charge in [0.1, 0.15) is 10.6 Å². The smallest absolute Gasteiger partial charge is 0.335 e. The van der Waals surface area contributed by atoms with Crippen LogP contribution < -0.4 is 14.8 Å². The Morgan fingerprint density at radius 1 is 1.14 bits per heavy atom. The molecule has 0 saturated carbocycles. The van der Waals surface area contributed by atoms with Gasteiger partial charge in [-0.05, 0) is 42.3 Å². The van der Waals surface area contributed by atoms with Crippen molar-refractivity contribution in [1.82, 2.24) is 5.32 Å². The van der Waals surface area contributed by atoms with Crippen molar-refractivity contribution in [2.45, 2.75) is 19.9 Å². The number of carbonyl (C=O) groups excluding carboxylic acids is 1. The fraction of sp³-hybridized carbons (Fsp3) is 0.238. The third-order valence-electron chi connectivity index (χ3n) is 4.16. The Morgan fingerprint density at radius 2 is 1.89 bits per heavy atom. The van der Waals surface area contributed by atoms with Crippen LogP contribution in [0, 0.1) is 0 Å². The summed E-state index contributed by atoms with van der Waals surface area (Å²) < 4.78 is 12.1. The topological polar surface area (TPSA) is 84.9 Å². The number of hydrogen-bond acceptors (Lipinski definition) is 5. The van der Waals surface area contributed by atoms with Gasteiger partial charge >= 0.3 is 5.97 Å². The Balaban J connectivity index is 1.82. The predicted octanol–water partition coefficient (Wildman–Crippen LogP) is 4.33. The lowest BCUT2D eigenvalue weighted by Crippen LogP contribution is -2.22. The molecule has 0 aliphatic heterocycles. The summed E-state index contributed by atoms with van der Waals surface area (Å²) in [6.07, 6.45) is 0.832. The van der Waals surface area contributed by atoms with Crippen molar-refractivity contribution in [1.29, 1.82) is 0 Å². The Hall–Kier alpha value is -3.06. The molecule has 0 spiro atoms. The van der Waals surface area contributed by atoms with Gasteiger partial charge in [-0.1, -0.05) is 19.1 Å². The first kappa shape index (κ1) is 19.7. The molecule has 0 atom stereocenters. The first-order valence-electron chi connectivity index (χ1n) is 8.87. The molecule has 146 valence electrons. The van der Waals surface area contributed by atoms with Gasteiger partial charge in [0.05, 0.1) is 19.3 Å². The van der Waals surface area contributed by atoms with E-state index in [9.17, 15) is 9.59 Å². The highest BCUT2D eigenvalue weighted by Gasteiger charge is 2.20. The minimum absolute atomic E-state index is 0.212. The van der Waals surface area contributed by atoms with E-state index >= 15 is 0 Å². The second kappa shape index (κ2) is 8.75. The van der Waals surface area contributed by atoms with Crippen LogP contribution in [0.5, 0.6) is 11.5 Å². The van der Waals surface area contributed by atoms with Crippen molar-refractivity contribution in [3.63, 3.8) is 0 Å². The number of ether oxygens (including phenoxy) is 2. The molecule has 28 heavy (non-hydrogen) atoms. The van der Waals surface area contributed by atoms with E-state index in [1.54, 1.807) is 19.2 Å². The van der Waals surface area contributed by atoms with E-state index < -0.39 is 5.97 Å². The van der Waals surface area contributed by atoms with Crippen LogP contribution in [0.2, 0.25) is 0 Å². The van der Waals surface area contributed by atoms with Crippen LogP contribution in [0.15, 0.2) is 42.5 Å². The molecule has 6 nitrogen and oxygen atoms in total. The minimum atomic E-state index is -0.978. The summed E-state index contributed by atoms with van der Waals surface area (Å²) >= 11 is 1.37. The fourth-order valence-electron chi connectivity index (χ4n) is 2.71. The largest absolute Gasteiger partial charge is 0.497 e. The summed E-state index contributed by atoms with van der Waals surface area (Å²) in [5.74, 6) is 0.0687. The zero-order valence-electron chi connectivity index (χ0n) is 15.7. The van der Waals surface area contributed by atoms with E-state index in [0.29, 0.717) is 29.5 Å². The number of carboxylic acids is 1. The van der Waals surface area contributed by atoms with Crippen LogP contribution in [0.25, 0.3) is 10.1 Å². The lowest BCUT2D eigenvalue weighted by molar-refractivity contribution is 0.0696. The lowest BCUT2D eigenvalue weighted by Gasteiger charge is -2.09. The molecule has 1 heterocycles. The van der Waals surface area contributed by atoms with Crippen molar-refractivity contribution in [2.75, 3.05) is 13.7 Å². The number of aromatic carboxylic acids is 1. The van der Waals surface area contributed by atoms with E-state index in [1.807, 2.05) is 25.1 Å². The summed E-state index contributed by atoms with van der Waals surface area (Å²) in [6, 6.07) is 12.1. The van der Waals surface area contributed by atoms with Crippen LogP contribution in [0.4, 0.5) is 0 Å². The Labute approximate surface area is 166 Å². The average Bonchev–Trinajstić information content (AvgIpc) is 3.08. The van der Waals surface area contributed by atoms with Gasteiger partial charge in [0.15, 0.2) is 5.75 Å². The molecule has 0 bridgehead atoms. The molecule has 7 heteroatoms. The van der Waals surface area contributed by atoms with Crippen LogP contribution in [0.3, 0.4) is 0 Å². The molecule has 3 aromatic rings. The molecule has 0 aliphatic carbocycles. The van der Waals surface area contributed by atoms with E-state index in [4.69, 9.17) is 14.6 Å². The molecule has 0 unspecified atom stereocenters. The number of fused-ring (bicyclic) bond motifs is 1. The Morgan fingerprint density at radius 3 is 2.54 bits per heavy atom. The first-order valence-corrected chi connectivity index (χ1v) is 9.69. The van der Waals surface area contributed by atoms with E-state index in [-0.39, 0.29) is 11.5 Å². The van der Waals surface area contributed by atoms with Gasteiger partial charge in [-0.15, -0.1) is 11.3 Å². The zero-order chi connectivity index (χ0) is 20.1. The van der Waals surface area contributed by atoms with Crippen molar-refractivity contribution in [3.05, 3.63) is 58.5 Å².